The number of carbonyl (C=O) groups is 1. The molecule has 1 N–H and O–H groups in total. The molecule has 0 atom stereocenters. The monoisotopic (exact) mass is 413 g/mol. The molecule has 4 heterocycles. The van der Waals surface area contributed by atoms with Crippen LogP contribution in [0, 0.1) is 6.92 Å². The topological polar surface area (TPSA) is 91.4 Å². The van der Waals surface area contributed by atoms with Crippen molar-refractivity contribution >= 4 is 33.3 Å². The van der Waals surface area contributed by atoms with E-state index in [2.05, 4.69) is 24.8 Å². The fraction of sp³-hybridized carbons (Fsp3) is 0.400. The minimum Gasteiger partial charge on any atom is -0.462 e. The Morgan fingerprint density at radius 1 is 1.28 bits per heavy atom. The summed E-state index contributed by atoms with van der Waals surface area (Å²) in [5.74, 6) is 1.20. The number of H-pyrrole nitrogens is 1. The molecule has 1 aliphatic heterocycles. The third-order valence-corrected chi connectivity index (χ3v) is 6.20. The van der Waals surface area contributed by atoms with Crippen LogP contribution in [-0.2, 0) is 11.3 Å². The number of anilines is 1. The maximum Gasteiger partial charge on any atom is 0.348 e. The van der Waals surface area contributed by atoms with Crippen LogP contribution in [0.5, 0.6) is 0 Å². The molecule has 0 unspecified atom stereocenters. The van der Waals surface area contributed by atoms with E-state index in [4.69, 9.17) is 4.74 Å². The number of carbonyl (C=O) groups excluding carboxylic acids is 1. The number of aryl methyl sites for hydroxylation is 1. The summed E-state index contributed by atoms with van der Waals surface area (Å²) in [4.78, 5) is 42.2. The van der Waals surface area contributed by atoms with Crippen molar-refractivity contribution in [3.8, 4) is 0 Å². The van der Waals surface area contributed by atoms with Crippen LogP contribution in [0.3, 0.4) is 0 Å². The van der Waals surface area contributed by atoms with E-state index in [1.54, 1.807) is 20.0 Å². The summed E-state index contributed by atoms with van der Waals surface area (Å²) in [5, 5.41) is 0.474. The predicted molar refractivity (Wildman–Crippen MR) is 113 cm³/mol. The van der Waals surface area contributed by atoms with Gasteiger partial charge in [0.25, 0.3) is 5.56 Å². The number of ether oxygens (including phenoxy) is 1. The first-order valence-corrected chi connectivity index (χ1v) is 10.5. The first-order chi connectivity index (χ1) is 14.1. The fourth-order valence-corrected chi connectivity index (χ4v) is 4.64. The lowest BCUT2D eigenvalue weighted by Crippen LogP contribution is -2.46. The van der Waals surface area contributed by atoms with E-state index >= 15 is 0 Å². The third kappa shape index (κ3) is 4.01. The maximum absolute atomic E-state index is 12.6. The van der Waals surface area contributed by atoms with E-state index in [9.17, 15) is 9.59 Å². The number of aromatic nitrogens is 3. The summed E-state index contributed by atoms with van der Waals surface area (Å²) in [6, 6.07) is 5.92. The van der Waals surface area contributed by atoms with Gasteiger partial charge in [-0.15, -0.1) is 11.3 Å². The highest BCUT2D eigenvalue weighted by Crippen LogP contribution is 2.27. The largest absolute Gasteiger partial charge is 0.462 e. The average molecular weight is 414 g/mol. The van der Waals surface area contributed by atoms with E-state index in [0.717, 1.165) is 32.0 Å². The van der Waals surface area contributed by atoms with Gasteiger partial charge in [-0.2, -0.15) is 0 Å². The molecule has 1 aliphatic rings. The second kappa shape index (κ2) is 8.30. The van der Waals surface area contributed by atoms with Crippen LogP contribution < -0.4 is 10.5 Å². The van der Waals surface area contributed by atoms with Crippen LogP contribution in [0.4, 0.5) is 5.82 Å². The van der Waals surface area contributed by atoms with Crippen molar-refractivity contribution in [3.05, 3.63) is 51.0 Å². The smallest absolute Gasteiger partial charge is 0.348 e. The molecule has 0 spiro atoms. The van der Waals surface area contributed by atoms with Crippen LogP contribution in [-0.4, -0.2) is 58.6 Å². The first kappa shape index (κ1) is 19.5. The fourth-order valence-electron chi connectivity index (χ4n) is 3.54. The van der Waals surface area contributed by atoms with Gasteiger partial charge in [-0.25, -0.2) is 14.8 Å². The summed E-state index contributed by atoms with van der Waals surface area (Å²) in [7, 11) is 0. The van der Waals surface area contributed by atoms with Gasteiger partial charge in [0.1, 0.15) is 21.3 Å². The average Bonchev–Trinajstić information content (AvgIpc) is 3.06. The lowest BCUT2D eigenvalue weighted by molar-refractivity contribution is 0.0531. The minimum absolute atomic E-state index is 0.207. The highest BCUT2D eigenvalue weighted by molar-refractivity contribution is 7.20. The van der Waals surface area contributed by atoms with Gasteiger partial charge in [-0.05, 0) is 31.5 Å². The van der Waals surface area contributed by atoms with Crippen molar-refractivity contribution in [2.75, 3.05) is 37.7 Å². The van der Waals surface area contributed by atoms with Gasteiger partial charge < -0.3 is 14.6 Å². The Balaban J connectivity index is 1.49. The van der Waals surface area contributed by atoms with Gasteiger partial charge in [-0.1, -0.05) is 6.07 Å². The van der Waals surface area contributed by atoms with Crippen molar-refractivity contribution < 1.29 is 9.53 Å². The molecule has 9 heteroatoms. The van der Waals surface area contributed by atoms with Crippen molar-refractivity contribution in [2.24, 2.45) is 0 Å². The quantitative estimate of drug-likeness (QED) is 0.641. The Kier molecular flexibility index (Phi) is 5.59. The Bertz CT molecular complexity index is 1070. The molecule has 3 aromatic rings. The number of fused-ring (bicyclic) bond motifs is 1. The molecule has 1 saturated heterocycles. The number of rotatable bonds is 5. The van der Waals surface area contributed by atoms with Gasteiger partial charge in [0.05, 0.1) is 18.5 Å². The number of hydrogen-bond acceptors (Lipinski definition) is 8. The highest BCUT2D eigenvalue weighted by atomic mass is 32.1. The summed E-state index contributed by atoms with van der Waals surface area (Å²) >= 11 is 1.22. The second-order valence-electron chi connectivity index (χ2n) is 6.92. The molecular formula is C20H23N5O3S. The molecule has 0 bridgehead atoms. The number of piperazine rings is 1. The molecule has 0 amide bonds. The van der Waals surface area contributed by atoms with Crippen LogP contribution in [0.15, 0.2) is 29.2 Å². The zero-order chi connectivity index (χ0) is 20.4. The molecule has 0 aliphatic carbocycles. The Hall–Kier alpha value is -2.78. The SMILES string of the molecule is CCOC(=O)c1sc2nc(CN3CCN(c4ccccn4)CC3)[nH]c(=O)c2c1C. The van der Waals surface area contributed by atoms with Crippen molar-refractivity contribution in [2.45, 2.75) is 20.4 Å². The lowest BCUT2D eigenvalue weighted by atomic mass is 10.2. The summed E-state index contributed by atoms with van der Waals surface area (Å²) in [5.41, 5.74) is 0.425. The third-order valence-electron chi connectivity index (χ3n) is 5.03. The molecule has 29 heavy (non-hydrogen) atoms. The highest BCUT2D eigenvalue weighted by Gasteiger charge is 2.22. The number of pyridine rings is 1. The standard InChI is InChI=1S/C20H23N5O3S/c1-3-28-20(27)17-13(2)16-18(26)22-14(23-19(16)29-17)12-24-8-10-25(11-9-24)15-6-4-5-7-21-15/h4-7H,3,8-12H2,1-2H3,(H,22,23,26). The lowest BCUT2D eigenvalue weighted by Gasteiger charge is -2.35. The van der Waals surface area contributed by atoms with Crippen LogP contribution in [0.1, 0.15) is 28.0 Å². The summed E-state index contributed by atoms with van der Waals surface area (Å²) in [6.45, 7) is 7.84. The van der Waals surface area contributed by atoms with Crippen LogP contribution in [0.2, 0.25) is 0 Å². The van der Waals surface area contributed by atoms with Crippen molar-refractivity contribution in [1.29, 1.82) is 0 Å². The maximum atomic E-state index is 12.6. The van der Waals surface area contributed by atoms with E-state index in [1.807, 2.05) is 18.2 Å². The minimum atomic E-state index is -0.403. The second-order valence-corrected chi connectivity index (χ2v) is 7.92. The number of aromatic amines is 1. The summed E-state index contributed by atoms with van der Waals surface area (Å²) in [6.07, 6.45) is 1.80. The number of nitrogens with one attached hydrogen (secondary N) is 1. The van der Waals surface area contributed by atoms with E-state index in [0.29, 0.717) is 39.6 Å². The number of thiophene rings is 1. The van der Waals surface area contributed by atoms with Crippen LogP contribution >= 0.6 is 11.3 Å². The molecule has 0 saturated carbocycles. The van der Waals surface area contributed by atoms with E-state index < -0.39 is 5.97 Å². The van der Waals surface area contributed by atoms with Gasteiger partial charge in [-0.3, -0.25) is 9.69 Å². The number of nitrogens with zero attached hydrogens (tertiary/aromatic N) is 4. The van der Waals surface area contributed by atoms with Gasteiger partial charge >= 0.3 is 5.97 Å². The molecule has 1 fully saturated rings. The molecule has 0 radical (unpaired) electrons. The van der Waals surface area contributed by atoms with E-state index in [-0.39, 0.29) is 5.56 Å². The molecule has 0 aromatic carbocycles. The molecule has 152 valence electrons. The predicted octanol–water partition coefficient (Wildman–Crippen LogP) is 2.19. The molecule has 4 rings (SSSR count). The number of hydrogen-bond donors (Lipinski definition) is 1. The normalized spacial score (nSPS) is 15.0. The summed E-state index contributed by atoms with van der Waals surface area (Å²) < 4.78 is 5.09. The Labute approximate surface area is 172 Å². The zero-order valence-electron chi connectivity index (χ0n) is 16.5. The molecule has 3 aromatic heterocycles. The van der Waals surface area contributed by atoms with E-state index in [1.165, 1.54) is 11.3 Å². The Morgan fingerprint density at radius 3 is 2.76 bits per heavy atom. The molecule has 8 nitrogen and oxygen atoms in total. The van der Waals surface area contributed by atoms with Crippen LogP contribution in [0.25, 0.3) is 10.2 Å². The van der Waals surface area contributed by atoms with Gasteiger partial charge in [0, 0.05) is 32.4 Å². The van der Waals surface area contributed by atoms with Gasteiger partial charge in [0.2, 0.25) is 0 Å². The van der Waals surface area contributed by atoms with Crippen molar-refractivity contribution in [3.63, 3.8) is 0 Å². The first-order valence-electron chi connectivity index (χ1n) is 9.64. The van der Waals surface area contributed by atoms with Gasteiger partial charge in [0.15, 0.2) is 0 Å². The number of esters is 1. The zero-order valence-corrected chi connectivity index (χ0v) is 17.3. The Morgan fingerprint density at radius 2 is 2.07 bits per heavy atom. The molecular weight excluding hydrogens is 390 g/mol. The van der Waals surface area contributed by atoms with Crippen molar-refractivity contribution in [1.82, 2.24) is 19.9 Å².